The molecule has 0 aromatic carbocycles. The summed E-state index contributed by atoms with van der Waals surface area (Å²) in [6, 6.07) is 2.11. The second-order valence-corrected chi connectivity index (χ2v) is 7.28. The molecule has 1 saturated carbocycles. The number of aliphatic imine (C=N–C) groups is 1. The SMILES string of the molecule is CN=C(NCCCNC(=O)C1CCC1)N(C)Cc1cc(Br)cn1C. The third-order valence-corrected chi connectivity index (χ3v) is 4.89. The summed E-state index contributed by atoms with van der Waals surface area (Å²) in [6.45, 7) is 2.28. The number of nitrogens with one attached hydrogen (secondary N) is 2. The van der Waals surface area contributed by atoms with Crippen LogP contribution in [-0.2, 0) is 18.4 Å². The zero-order chi connectivity index (χ0) is 17.5. The van der Waals surface area contributed by atoms with E-state index in [-0.39, 0.29) is 11.8 Å². The zero-order valence-corrected chi connectivity index (χ0v) is 16.4. The van der Waals surface area contributed by atoms with Crippen molar-refractivity contribution in [2.45, 2.75) is 32.2 Å². The molecule has 1 amide bonds. The van der Waals surface area contributed by atoms with E-state index in [1.165, 1.54) is 12.1 Å². The van der Waals surface area contributed by atoms with Crippen LogP contribution >= 0.6 is 15.9 Å². The largest absolute Gasteiger partial charge is 0.356 e. The van der Waals surface area contributed by atoms with Crippen LogP contribution in [-0.4, -0.2) is 48.5 Å². The molecule has 1 heterocycles. The molecule has 1 fully saturated rings. The Bertz CT molecular complexity index is 580. The standard InChI is InChI=1S/C17H28BrN5O/c1-19-17(23(3)12-15-10-14(18)11-22(15)2)21-9-5-8-20-16(24)13-6-4-7-13/h10-11,13H,4-9,12H2,1-3H3,(H,19,21)(H,20,24). The fraction of sp³-hybridized carbons (Fsp3) is 0.647. The lowest BCUT2D eigenvalue weighted by atomic mass is 9.85. The van der Waals surface area contributed by atoms with Crippen molar-refractivity contribution in [3.8, 4) is 0 Å². The molecule has 0 radical (unpaired) electrons. The smallest absolute Gasteiger partial charge is 0.223 e. The number of rotatable bonds is 7. The van der Waals surface area contributed by atoms with Crippen molar-refractivity contribution in [3.05, 3.63) is 22.4 Å². The van der Waals surface area contributed by atoms with Crippen LogP contribution in [0.1, 0.15) is 31.4 Å². The third-order valence-electron chi connectivity index (χ3n) is 4.46. The Morgan fingerprint density at radius 2 is 2.12 bits per heavy atom. The zero-order valence-electron chi connectivity index (χ0n) is 14.8. The number of aromatic nitrogens is 1. The third kappa shape index (κ3) is 5.26. The lowest BCUT2D eigenvalue weighted by Gasteiger charge is -2.24. The van der Waals surface area contributed by atoms with Gasteiger partial charge < -0.3 is 20.1 Å². The van der Waals surface area contributed by atoms with Crippen molar-refractivity contribution in [2.75, 3.05) is 27.2 Å². The van der Waals surface area contributed by atoms with E-state index in [0.717, 1.165) is 42.8 Å². The van der Waals surface area contributed by atoms with E-state index >= 15 is 0 Å². The van der Waals surface area contributed by atoms with Gasteiger partial charge in [-0.3, -0.25) is 9.79 Å². The fourth-order valence-corrected chi connectivity index (χ4v) is 3.31. The number of nitrogens with zero attached hydrogens (tertiary/aromatic N) is 3. The summed E-state index contributed by atoms with van der Waals surface area (Å²) in [5.74, 6) is 1.34. The van der Waals surface area contributed by atoms with Gasteiger partial charge in [-0.05, 0) is 41.3 Å². The highest BCUT2D eigenvalue weighted by molar-refractivity contribution is 9.10. The van der Waals surface area contributed by atoms with Gasteiger partial charge in [0.2, 0.25) is 5.91 Å². The Morgan fingerprint density at radius 1 is 1.42 bits per heavy atom. The first kappa shape index (κ1) is 18.8. The van der Waals surface area contributed by atoms with Crippen molar-refractivity contribution < 1.29 is 4.79 Å². The maximum Gasteiger partial charge on any atom is 0.223 e. The molecule has 24 heavy (non-hydrogen) atoms. The van der Waals surface area contributed by atoms with Gasteiger partial charge in [-0.2, -0.15) is 0 Å². The Kier molecular flexibility index (Phi) is 7.15. The molecule has 134 valence electrons. The summed E-state index contributed by atoms with van der Waals surface area (Å²) in [5, 5.41) is 6.36. The molecule has 1 aliphatic carbocycles. The summed E-state index contributed by atoms with van der Waals surface area (Å²) in [5.41, 5.74) is 1.21. The summed E-state index contributed by atoms with van der Waals surface area (Å²) in [6.07, 6.45) is 6.23. The normalized spacial score (nSPS) is 15.1. The molecule has 6 nitrogen and oxygen atoms in total. The van der Waals surface area contributed by atoms with Crippen molar-refractivity contribution in [1.82, 2.24) is 20.1 Å². The number of aryl methyl sites for hydroxylation is 1. The van der Waals surface area contributed by atoms with E-state index in [2.05, 4.69) is 47.1 Å². The van der Waals surface area contributed by atoms with Gasteiger partial charge in [0.15, 0.2) is 5.96 Å². The second-order valence-electron chi connectivity index (χ2n) is 6.36. The number of guanidine groups is 1. The van der Waals surface area contributed by atoms with Gasteiger partial charge in [-0.15, -0.1) is 0 Å². The molecule has 1 aliphatic rings. The lowest BCUT2D eigenvalue weighted by Crippen LogP contribution is -2.40. The molecular formula is C17H28BrN5O. The second kappa shape index (κ2) is 9.11. The van der Waals surface area contributed by atoms with Crippen LogP contribution in [0.3, 0.4) is 0 Å². The molecule has 0 bridgehead atoms. The van der Waals surface area contributed by atoms with E-state index in [0.29, 0.717) is 6.54 Å². The van der Waals surface area contributed by atoms with Gasteiger partial charge in [0, 0.05) is 56.5 Å². The topological polar surface area (TPSA) is 61.7 Å². The number of amides is 1. The maximum atomic E-state index is 11.8. The van der Waals surface area contributed by atoms with E-state index in [1.807, 2.05) is 20.3 Å². The predicted octanol–water partition coefficient (Wildman–Crippen LogP) is 2.10. The first-order chi connectivity index (χ1) is 11.5. The van der Waals surface area contributed by atoms with Crippen LogP contribution in [0, 0.1) is 5.92 Å². The molecule has 0 atom stereocenters. The van der Waals surface area contributed by atoms with Gasteiger partial charge >= 0.3 is 0 Å². The minimum absolute atomic E-state index is 0.219. The van der Waals surface area contributed by atoms with E-state index in [9.17, 15) is 4.79 Å². The molecule has 1 aromatic heterocycles. The molecule has 7 heteroatoms. The van der Waals surface area contributed by atoms with Crippen LogP contribution in [0.4, 0.5) is 0 Å². The Hall–Kier alpha value is -1.50. The van der Waals surface area contributed by atoms with Crippen LogP contribution in [0.5, 0.6) is 0 Å². The minimum Gasteiger partial charge on any atom is -0.356 e. The fourth-order valence-electron chi connectivity index (χ4n) is 2.74. The van der Waals surface area contributed by atoms with E-state index < -0.39 is 0 Å². The highest BCUT2D eigenvalue weighted by Crippen LogP contribution is 2.26. The number of carbonyl (C=O) groups excluding carboxylic acids is 1. The molecule has 0 spiro atoms. The van der Waals surface area contributed by atoms with Crippen LogP contribution in [0.2, 0.25) is 0 Å². The maximum absolute atomic E-state index is 11.8. The molecular weight excluding hydrogens is 370 g/mol. The monoisotopic (exact) mass is 397 g/mol. The summed E-state index contributed by atoms with van der Waals surface area (Å²) < 4.78 is 3.18. The highest BCUT2D eigenvalue weighted by Gasteiger charge is 2.24. The van der Waals surface area contributed by atoms with Gasteiger partial charge in [0.25, 0.3) is 0 Å². The van der Waals surface area contributed by atoms with E-state index in [4.69, 9.17) is 0 Å². The molecule has 2 N–H and O–H groups in total. The van der Waals surface area contributed by atoms with Gasteiger partial charge in [0.1, 0.15) is 0 Å². The first-order valence-corrected chi connectivity index (χ1v) is 9.30. The minimum atomic E-state index is 0.219. The number of halogens is 1. The summed E-state index contributed by atoms with van der Waals surface area (Å²) in [4.78, 5) is 18.2. The van der Waals surface area contributed by atoms with Crippen LogP contribution in [0.15, 0.2) is 21.7 Å². The van der Waals surface area contributed by atoms with Gasteiger partial charge in [-0.25, -0.2) is 0 Å². The average Bonchev–Trinajstić information content (AvgIpc) is 2.78. The van der Waals surface area contributed by atoms with Crippen molar-refractivity contribution in [2.24, 2.45) is 18.0 Å². The molecule has 1 aromatic rings. The van der Waals surface area contributed by atoms with Crippen molar-refractivity contribution in [3.63, 3.8) is 0 Å². The quantitative estimate of drug-likeness (QED) is 0.420. The van der Waals surface area contributed by atoms with Crippen molar-refractivity contribution >= 4 is 27.8 Å². The first-order valence-electron chi connectivity index (χ1n) is 8.51. The Balaban J connectivity index is 1.67. The molecule has 0 saturated heterocycles. The van der Waals surface area contributed by atoms with Crippen LogP contribution < -0.4 is 10.6 Å². The number of hydrogen-bond donors (Lipinski definition) is 2. The van der Waals surface area contributed by atoms with E-state index in [1.54, 1.807) is 7.05 Å². The molecule has 0 aliphatic heterocycles. The van der Waals surface area contributed by atoms with Gasteiger partial charge in [0.05, 0.1) is 6.54 Å². The lowest BCUT2D eigenvalue weighted by molar-refractivity contribution is -0.127. The summed E-state index contributed by atoms with van der Waals surface area (Å²) in [7, 11) is 5.85. The Labute approximate surface area is 152 Å². The number of hydrogen-bond acceptors (Lipinski definition) is 2. The van der Waals surface area contributed by atoms with Gasteiger partial charge in [-0.1, -0.05) is 6.42 Å². The Morgan fingerprint density at radius 3 is 2.67 bits per heavy atom. The van der Waals surface area contributed by atoms with Crippen molar-refractivity contribution in [1.29, 1.82) is 0 Å². The number of carbonyl (C=O) groups is 1. The van der Waals surface area contributed by atoms with Crippen LogP contribution in [0.25, 0.3) is 0 Å². The molecule has 0 unspecified atom stereocenters. The highest BCUT2D eigenvalue weighted by atomic mass is 79.9. The predicted molar refractivity (Wildman–Crippen MR) is 101 cm³/mol. The average molecular weight is 398 g/mol. The molecule has 2 rings (SSSR count). The summed E-state index contributed by atoms with van der Waals surface area (Å²) >= 11 is 3.50.